The lowest BCUT2D eigenvalue weighted by Gasteiger charge is -2.09. The largest absolute Gasteiger partial charge is 0.377 e. The SMILES string of the molecule is Cc1cc(F)c2c(c1)NC/C(=N\C(=O)c1nnc(CC3CCCC3)[nH]1)C(=O)N2. The molecule has 3 N–H and O–H groups in total. The molecule has 0 saturated heterocycles. The molecule has 28 heavy (non-hydrogen) atoms. The van der Waals surface area contributed by atoms with Crippen molar-refractivity contribution in [2.75, 3.05) is 17.2 Å². The minimum Gasteiger partial charge on any atom is -0.377 e. The summed E-state index contributed by atoms with van der Waals surface area (Å²) in [5, 5.41) is 13.3. The highest BCUT2D eigenvalue weighted by atomic mass is 19.1. The van der Waals surface area contributed by atoms with Gasteiger partial charge < -0.3 is 15.6 Å². The van der Waals surface area contributed by atoms with E-state index < -0.39 is 17.6 Å². The number of benzene rings is 1. The van der Waals surface area contributed by atoms with Crippen molar-refractivity contribution in [1.82, 2.24) is 15.2 Å². The van der Waals surface area contributed by atoms with E-state index in [2.05, 4.69) is 30.8 Å². The van der Waals surface area contributed by atoms with Gasteiger partial charge in [-0.3, -0.25) is 9.59 Å². The van der Waals surface area contributed by atoms with Crippen LogP contribution < -0.4 is 10.6 Å². The van der Waals surface area contributed by atoms with Crippen LogP contribution in [0.1, 0.15) is 47.7 Å². The molecule has 1 fully saturated rings. The normalized spacial score (nSPS) is 18.5. The molecule has 1 aromatic carbocycles. The van der Waals surface area contributed by atoms with E-state index in [1.54, 1.807) is 13.0 Å². The third-order valence-electron chi connectivity index (χ3n) is 5.11. The first-order chi connectivity index (χ1) is 13.5. The van der Waals surface area contributed by atoms with Crippen LogP contribution in [0.15, 0.2) is 17.1 Å². The Hall–Kier alpha value is -3.10. The quantitative estimate of drug-likeness (QED) is 0.753. The summed E-state index contributed by atoms with van der Waals surface area (Å²) in [5.41, 5.74) is 1.16. The van der Waals surface area contributed by atoms with E-state index in [9.17, 15) is 14.0 Å². The second-order valence-electron chi connectivity index (χ2n) is 7.32. The maximum absolute atomic E-state index is 14.1. The van der Waals surface area contributed by atoms with Crippen molar-refractivity contribution in [2.24, 2.45) is 10.9 Å². The fourth-order valence-corrected chi connectivity index (χ4v) is 3.69. The van der Waals surface area contributed by atoms with Crippen LogP contribution in [-0.4, -0.2) is 39.3 Å². The Labute approximate surface area is 161 Å². The highest BCUT2D eigenvalue weighted by Crippen LogP contribution is 2.29. The maximum Gasteiger partial charge on any atom is 0.315 e. The molecule has 0 radical (unpaired) electrons. The van der Waals surface area contributed by atoms with Gasteiger partial charge in [0.1, 0.15) is 23.0 Å². The molecule has 2 amide bonds. The molecule has 0 bridgehead atoms. The third kappa shape index (κ3) is 3.78. The van der Waals surface area contributed by atoms with Crippen LogP contribution in [0.2, 0.25) is 0 Å². The fourth-order valence-electron chi connectivity index (χ4n) is 3.69. The molecular formula is C19H21FN6O2. The number of aryl methyl sites for hydroxylation is 1. The van der Waals surface area contributed by atoms with Gasteiger partial charge in [-0.15, -0.1) is 10.2 Å². The maximum atomic E-state index is 14.1. The van der Waals surface area contributed by atoms with Crippen LogP contribution in [0.4, 0.5) is 15.8 Å². The topological polar surface area (TPSA) is 112 Å². The van der Waals surface area contributed by atoms with Gasteiger partial charge in [0.2, 0.25) is 5.82 Å². The Morgan fingerprint density at radius 1 is 1.29 bits per heavy atom. The minimum absolute atomic E-state index is 0.00270. The summed E-state index contributed by atoms with van der Waals surface area (Å²) in [6, 6.07) is 3.05. The number of H-pyrrole nitrogens is 1. The van der Waals surface area contributed by atoms with E-state index in [1.807, 2.05) is 0 Å². The van der Waals surface area contributed by atoms with Crippen molar-refractivity contribution in [2.45, 2.75) is 39.0 Å². The van der Waals surface area contributed by atoms with Crippen molar-refractivity contribution in [1.29, 1.82) is 0 Å². The highest BCUT2D eigenvalue weighted by Gasteiger charge is 2.24. The Morgan fingerprint density at radius 2 is 2.07 bits per heavy atom. The number of fused-ring (bicyclic) bond motifs is 1. The number of aromatic nitrogens is 3. The van der Waals surface area contributed by atoms with Crippen LogP contribution >= 0.6 is 0 Å². The Balaban J connectivity index is 1.49. The van der Waals surface area contributed by atoms with Gasteiger partial charge in [0, 0.05) is 6.42 Å². The first-order valence-corrected chi connectivity index (χ1v) is 9.38. The summed E-state index contributed by atoms with van der Waals surface area (Å²) in [4.78, 5) is 31.6. The standard InChI is InChI=1S/C19H21FN6O2/c1-10-6-12(20)16-13(7-10)21-9-14(18(27)24-16)22-19(28)17-23-15(25-26-17)8-11-4-2-3-5-11/h6-7,11,21H,2-5,8-9H2,1H3,(H,24,27)(H,23,25,26)/b22-14+. The predicted molar refractivity (Wildman–Crippen MR) is 102 cm³/mol. The average molecular weight is 384 g/mol. The monoisotopic (exact) mass is 384 g/mol. The van der Waals surface area contributed by atoms with Gasteiger partial charge in [0.15, 0.2) is 0 Å². The molecule has 2 aliphatic rings. The predicted octanol–water partition coefficient (Wildman–Crippen LogP) is 2.63. The smallest absolute Gasteiger partial charge is 0.315 e. The molecule has 146 valence electrons. The van der Waals surface area contributed by atoms with E-state index in [4.69, 9.17) is 0 Å². The number of carbonyl (C=O) groups is 2. The number of nitrogens with one attached hydrogen (secondary N) is 3. The van der Waals surface area contributed by atoms with Crippen molar-refractivity contribution < 1.29 is 14.0 Å². The van der Waals surface area contributed by atoms with Crippen LogP contribution in [0.3, 0.4) is 0 Å². The molecule has 1 aromatic heterocycles. The lowest BCUT2D eigenvalue weighted by Crippen LogP contribution is -2.27. The number of nitrogens with zero attached hydrogens (tertiary/aromatic N) is 3. The number of amides is 2. The second-order valence-corrected chi connectivity index (χ2v) is 7.32. The van der Waals surface area contributed by atoms with E-state index in [-0.39, 0.29) is 23.8 Å². The van der Waals surface area contributed by atoms with Crippen molar-refractivity contribution >= 4 is 28.9 Å². The molecule has 0 spiro atoms. The van der Waals surface area contributed by atoms with Crippen LogP contribution in [-0.2, 0) is 11.2 Å². The van der Waals surface area contributed by atoms with E-state index in [1.165, 1.54) is 18.9 Å². The van der Waals surface area contributed by atoms with E-state index in [0.717, 1.165) is 19.3 Å². The number of hydrogen-bond acceptors (Lipinski definition) is 5. The third-order valence-corrected chi connectivity index (χ3v) is 5.11. The Bertz CT molecular complexity index is 961. The van der Waals surface area contributed by atoms with Crippen molar-refractivity contribution in [3.05, 3.63) is 35.2 Å². The van der Waals surface area contributed by atoms with E-state index in [0.29, 0.717) is 23.0 Å². The summed E-state index contributed by atoms with van der Waals surface area (Å²) < 4.78 is 14.1. The van der Waals surface area contributed by atoms with E-state index >= 15 is 0 Å². The minimum atomic E-state index is -0.681. The van der Waals surface area contributed by atoms with Crippen molar-refractivity contribution in [3.8, 4) is 0 Å². The summed E-state index contributed by atoms with van der Waals surface area (Å²) in [5.74, 6) is -0.639. The highest BCUT2D eigenvalue weighted by molar-refractivity contribution is 6.46. The second kappa shape index (κ2) is 7.49. The Morgan fingerprint density at radius 3 is 2.86 bits per heavy atom. The zero-order valence-electron chi connectivity index (χ0n) is 15.5. The number of rotatable bonds is 3. The number of anilines is 2. The van der Waals surface area contributed by atoms with Crippen molar-refractivity contribution in [3.63, 3.8) is 0 Å². The molecule has 1 aliphatic heterocycles. The van der Waals surface area contributed by atoms with Crippen LogP contribution in [0, 0.1) is 18.7 Å². The van der Waals surface area contributed by atoms with Gasteiger partial charge in [0.05, 0.1) is 12.2 Å². The summed E-state index contributed by atoms with van der Waals surface area (Å²) in [6.45, 7) is 1.75. The molecule has 4 rings (SSSR count). The van der Waals surface area contributed by atoms with Gasteiger partial charge in [-0.25, -0.2) is 9.38 Å². The molecule has 0 atom stereocenters. The summed E-state index contributed by atoms with van der Waals surface area (Å²) in [7, 11) is 0. The first-order valence-electron chi connectivity index (χ1n) is 9.38. The first kappa shape index (κ1) is 18.3. The molecule has 8 nitrogen and oxygen atoms in total. The summed E-state index contributed by atoms with van der Waals surface area (Å²) in [6.07, 6.45) is 5.53. The molecule has 2 aromatic rings. The number of carbonyl (C=O) groups excluding carboxylic acids is 2. The van der Waals surface area contributed by atoms with Gasteiger partial charge >= 0.3 is 5.91 Å². The molecular weight excluding hydrogens is 363 g/mol. The molecule has 0 unspecified atom stereocenters. The zero-order chi connectivity index (χ0) is 19.7. The molecule has 1 aliphatic carbocycles. The fraction of sp³-hybridized carbons (Fsp3) is 0.421. The molecule has 9 heteroatoms. The number of halogens is 1. The molecule has 2 heterocycles. The Kier molecular flexibility index (Phi) is 4.89. The summed E-state index contributed by atoms with van der Waals surface area (Å²) >= 11 is 0. The number of aliphatic imine (C=N–C) groups is 1. The zero-order valence-corrected chi connectivity index (χ0v) is 15.5. The van der Waals surface area contributed by atoms with Crippen LogP contribution in [0.5, 0.6) is 0 Å². The van der Waals surface area contributed by atoms with Gasteiger partial charge in [-0.05, 0) is 30.5 Å². The number of aromatic amines is 1. The lowest BCUT2D eigenvalue weighted by atomic mass is 10.0. The van der Waals surface area contributed by atoms with Gasteiger partial charge in [-0.2, -0.15) is 0 Å². The molecule has 1 saturated carbocycles. The van der Waals surface area contributed by atoms with Crippen LogP contribution in [0.25, 0.3) is 0 Å². The average Bonchev–Trinajstić information content (AvgIpc) is 3.30. The number of hydrogen-bond donors (Lipinski definition) is 3. The lowest BCUT2D eigenvalue weighted by molar-refractivity contribution is -0.110. The van der Waals surface area contributed by atoms with Gasteiger partial charge in [0.25, 0.3) is 5.91 Å². The van der Waals surface area contributed by atoms with Gasteiger partial charge in [-0.1, -0.05) is 25.7 Å².